The van der Waals surface area contributed by atoms with Crippen LogP contribution in [0.1, 0.15) is 73.4 Å². The number of rotatable bonds is 5. The lowest BCUT2D eigenvalue weighted by Gasteiger charge is -2.47. The van der Waals surface area contributed by atoms with Crippen LogP contribution in [0.5, 0.6) is 5.75 Å². The number of fused-ring (bicyclic) bond motifs is 4. The van der Waals surface area contributed by atoms with Crippen molar-refractivity contribution in [1.29, 1.82) is 0 Å². The number of hydrogen-bond donors (Lipinski definition) is 0. The summed E-state index contributed by atoms with van der Waals surface area (Å²) in [5.74, 6) is 0.602. The minimum absolute atomic E-state index is 0.0313. The molecule has 2 bridgehead atoms. The maximum absolute atomic E-state index is 14.8. The maximum atomic E-state index is 14.8. The third-order valence-corrected chi connectivity index (χ3v) is 16.0. The number of halogens is 1. The van der Waals surface area contributed by atoms with Gasteiger partial charge in [-0.1, -0.05) is 36.7 Å². The van der Waals surface area contributed by atoms with Gasteiger partial charge in [-0.3, -0.25) is 14.5 Å². The molecule has 2 aromatic rings. The third-order valence-electron chi connectivity index (χ3n) is 13.5. The van der Waals surface area contributed by atoms with E-state index >= 15 is 0 Å². The number of amides is 2. The van der Waals surface area contributed by atoms with Gasteiger partial charge < -0.3 is 24.0 Å². The van der Waals surface area contributed by atoms with Gasteiger partial charge in [0.2, 0.25) is 5.91 Å². The average molecular weight is 793 g/mol. The van der Waals surface area contributed by atoms with Crippen LogP contribution in [0.3, 0.4) is 0 Å². The molecule has 8 rings (SSSR count). The number of likely N-dealkylation sites (tertiary alicyclic amines) is 2. The molecule has 6 aliphatic rings. The van der Waals surface area contributed by atoms with Gasteiger partial charge in [0, 0.05) is 81.3 Å². The quantitative estimate of drug-likeness (QED) is 0.322. The van der Waals surface area contributed by atoms with E-state index in [1.165, 1.54) is 11.1 Å². The first-order chi connectivity index (χ1) is 26.5. The Balaban J connectivity index is 1.10. The fourth-order valence-corrected chi connectivity index (χ4v) is 12.6. The number of hydrogen-bond acceptors (Lipinski definition) is 8. The fourth-order valence-electron chi connectivity index (χ4n) is 10.1. The molecule has 2 saturated heterocycles. The average Bonchev–Trinajstić information content (AvgIpc) is 3.28. The Kier molecular flexibility index (Phi) is 11.4. The molecule has 2 amide bonds. The molecule has 3 fully saturated rings. The van der Waals surface area contributed by atoms with E-state index in [-0.39, 0.29) is 34.8 Å². The van der Waals surface area contributed by atoms with E-state index in [0.717, 1.165) is 87.6 Å². The van der Waals surface area contributed by atoms with Gasteiger partial charge in [0.15, 0.2) is 0 Å². The minimum atomic E-state index is -3.23. The normalized spacial score (nSPS) is 32.6. The Hall–Kier alpha value is -2.96. The van der Waals surface area contributed by atoms with Crippen LogP contribution in [0.4, 0.5) is 5.69 Å². The number of nitrogens with zero attached hydrogens (tertiary/aromatic N) is 4. The number of methoxy groups -OCH3 is 2. The molecule has 0 N–H and O–H groups in total. The zero-order valence-electron chi connectivity index (χ0n) is 32.6. The monoisotopic (exact) mass is 792 g/mol. The summed E-state index contributed by atoms with van der Waals surface area (Å²) in [6.07, 6.45) is 12.4. The van der Waals surface area contributed by atoms with E-state index in [1.807, 2.05) is 25.1 Å². The van der Waals surface area contributed by atoms with Crippen LogP contribution in [-0.4, -0.2) is 116 Å². The molecule has 2 aromatic carbocycles. The van der Waals surface area contributed by atoms with Crippen molar-refractivity contribution in [3.05, 3.63) is 70.3 Å². The molecule has 0 aromatic heterocycles. The Morgan fingerprint density at radius 2 is 1.87 bits per heavy atom. The van der Waals surface area contributed by atoms with Crippen molar-refractivity contribution in [2.75, 3.05) is 76.5 Å². The predicted octanol–water partition coefficient (Wildman–Crippen LogP) is 6.38. The predicted molar refractivity (Wildman–Crippen MR) is 217 cm³/mol. The second-order valence-corrected chi connectivity index (χ2v) is 19.9. The summed E-state index contributed by atoms with van der Waals surface area (Å²) in [7, 11) is 0.324. The van der Waals surface area contributed by atoms with E-state index in [2.05, 4.69) is 38.4 Å². The molecule has 4 heterocycles. The summed E-state index contributed by atoms with van der Waals surface area (Å²) < 4.78 is 37.6. The SMILES string of the molecule is COC1CCN(C2CN(C(=O)C[S@@]3(=O)=NC(=O)c4ccc5c(c4)N(C[C@@H]4CC[C@H]4[C@@H](OC)/C=C/C[C@H](C)C3)C[C@@]3(CCCc4cc(Cl)ccc43)CO5)C2)CC1. The molecule has 55 heavy (non-hydrogen) atoms. The van der Waals surface area contributed by atoms with Crippen LogP contribution in [0.15, 0.2) is 52.9 Å². The van der Waals surface area contributed by atoms with Crippen LogP contribution >= 0.6 is 11.6 Å². The van der Waals surface area contributed by atoms with Gasteiger partial charge in [-0.2, -0.15) is 4.36 Å². The Morgan fingerprint density at radius 1 is 1.05 bits per heavy atom. The molecule has 2 aliphatic carbocycles. The largest absolute Gasteiger partial charge is 0.490 e. The first-order valence-corrected chi connectivity index (χ1v) is 22.6. The van der Waals surface area contributed by atoms with E-state index in [4.69, 9.17) is 25.8 Å². The van der Waals surface area contributed by atoms with Crippen LogP contribution in [0.25, 0.3) is 0 Å². The molecule has 12 heteroatoms. The van der Waals surface area contributed by atoms with Gasteiger partial charge in [0.05, 0.1) is 34.2 Å². The van der Waals surface area contributed by atoms with Crippen molar-refractivity contribution in [1.82, 2.24) is 9.80 Å². The van der Waals surface area contributed by atoms with Crippen molar-refractivity contribution in [3.63, 3.8) is 0 Å². The number of ether oxygens (including phenoxy) is 3. The Labute approximate surface area is 332 Å². The summed E-state index contributed by atoms with van der Waals surface area (Å²) in [4.78, 5) is 34.5. The molecule has 1 saturated carbocycles. The first-order valence-electron chi connectivity index (χ1n) is 20.4. The van der Waals surface area contributed by atoms with Crippen LogP contribution in [0, 0.1) is 17.8 Å². The van der Waals surface area contributed by atoms with Gasteiger partial charge in [-0.05, 0) is 111 Å². The van der Waals surface area contributed by atoms with Gasteiger partial charge >= 0.3 is 0 Å². The molecule has 1 spiro atoms. The zero-order valence-corrected chi connectivity index (χ0v) is 34.2. The highest BCUT2D eigenvalue weighted by atomic mass is 35.5. The summed E-state index contributed by atoms with van der Waals surface area (Å²) in [6.45, 7) is 7.22. The smallest absolute Gasteiger partial charge is 0.285 e. The summed E-state index contributed by atoms with van der Waals surface area (Å²) in [5, 5.41) is 0.752. The summed E-state index contributed by atoms with van der Waals surface area (Å²) in [5.41, 5.74) is 3.55. The summed E-state index contributed by atoms with van der Waals surface area (Å²) in [6, 6.07) is 12.1. The van der Waals surface area contributed by atoms with E-state index in [9.17, 15) is 13.8 Å². The fraction of sp³-hybridized carbons (Fsp3) is 0.628. The van der Waals surface area contributed by atoms with Gasteiger partial charge in [-0.15, -0.1) is 0 Å². The number of benzene rings is 2. The van der Waals surface area contributed by atoms with Crippen LogP contribution in [-0.2, 0) is 35.8 Å². The molecule has 0 unspecified atom stereocenters. The van der Waals surface area contributed by atoms with Crippen molar-refractivity contribution in [2.24, 2.45) is 22.1 Å². The highest BCUT2D eigenvalue weighted by molar-refractivity contribution is 7.94. The second kappa shape index (κ2) is 16.1. The number of carbonyl (C=O) groups excluding carboxylic acids is 2. The molecule has 0 radical (unpaired) electrons. The molecular weight excluding hydrogens is 736 g/mol. The van der Waals surface area contributed by atoms with Crippen molar-refractivity contribution < 1.29 is 28.0 Å². The molecule has 298 valence electrons. The lowest BCUT2D eigenvalue weighted by molar-refractivity contribution is -0.136. The van der Waals surface area contributed by atoms with Crippen molar-refractivity contribution in [3.8, 4) is 5.75 Å². The van der Waals surface area contributed by atoms with Gasteiger partial charge in [0.25, 0.3) is 5.91 Å². The topological polar surface area (TPSA) is 101 Å². The molecular formula is C43H57ClN4O6S. The number of carbonyl (C=O) groups is 2. The van der Waals surface area contributed by atoms with Crippen LogP contribution in [0.2, 0.25) is 5.02 Å². The third kappa shape index (κ3) is 8.11. The lowest BCUT2D eigenvalue weighted by Crippen LogP contribution is -2.63. The standard InChI is InChI=1S/C43H57ClN4O6S/c1-29-6-4-8-39(53-3)36-12-9-32(36)22-48-27-43(17-5-7-30-20-33(44)11-13-37(30)43)28-54-40-14-10-31(21-38(40)48)42(50)45-55(51,25-29)26-41(49)47-23-34(24-47)46-18-15-35(52-2)16-19-46/h4,8,10-11,13-14,20-21,29,32,34-36,39H,5-7,9,12,15-19,22-28H2,1-3H3/b8-4+/t29-,32-,36+,39-,43-,55+/m0/s1. The van der Waals surface area contributed by atoms with Crippen LogP contribution < -0.4 is 9.64 Å². The molecule has 6 atom stereocenters. The van der Waals surface area contributed by atoms with E-state index in [0.29, 0.717) is 55.7 Å². The molecule has 10 nitrogen and oxygen atoms in total. The number of aryl methyl sites for hydroxylation is 1. The van der Waals surface area contributed by atoms with Crippen molar-refractivity contribution in [2.45, 2.75) is 82.0 Å². The zero-order chi connectivity index (χ0) is 38.3. The Bertz CT molecular complexity index is 1920. The van der Waals surface area contributed by atoms with Crippen molar-refractivity contribution >= 4 is 38.8 Å². The first kappa shape index (κ1) is 38.9. The second-order valence-electron chi connectivity index (χ2n) is 17.2. The maximum Gasteiger partial charge on any atom is 0.285 e. The summed E-state index contributed by atoms with van der Waals surface area (Å²) >= 11 is 6.48. The lowest BCUT2D eigenvalue weighted by atomic mass is 9.68. The minimum Gasteiger partial charge on any atom is -0.490 e. The van der Waals surface area contributed by atoms with Gasteiger partial charge in [0.1, 0.15) is 11.5 Å². The molecule has 4 aliphatic heterocycles. The Morgan fingerprint density at radius 3 is 2.62 bits per heavy atom. The highest BCUT2D eigenvalue weighted by Crippen LogP contribution is 2.47. The highest BCUT2D eigenvalue weighted by Gasteiger charge is 2.45. The van der Waals surface area contributed by atoms with E-state index in [1.54, 1.807) is 25.2 Å². The number of anilines is 1. The number of allylic oxidation sites excluding steroid dienone is 1. The van der Waals surface area contributed by atoms with E-state index < -0.39 is 15.6 Å². The number of piperidine rings is 1. The van der Waals surface area contributed by atoms with Gasteiger partial charge in [-0.25, -0.2) is 4.21 Å².